The van der Waals surface area contributed by atoms with E-state index in [1.165, 1.54) is 43.4 Å². The molecule has 2 heterocycles. The van der Waals surface area contributed by atoms with Gasteiger partial charge in [-0.3, -0.25) is 0 Å². The minimum Gasteiger partial charge on any atom is -0.343 e. The van der Waals surface area contributed by atoms with Crippen LogP contribution in [0.15, 0.2) is 14.3 Å². The molecule has 1 aliphatic heterocycles. The molecule has 0 spiro atoms. The summed E-state index contributed by atoms with van der Waals surface area (Å²) in [5.41, 5.74) is 0. The molecule has 2 fully saturated rings. The van der Waals surface area contributed by atoms with Crippen molar-refractivity contribution in [2.24, 2.45) is 5.92 Å². The topological polar surface area (TPSA) is 18.5 Å². The van der Waals surface area contributed by atoms with Gasteiger partial charge in [-0.15, -0.1) is 11.3 Å². The van der Waals surface area contributed by atoms with Crippen molar-refractivity contribution < 1.29 is 9.47 Å². The third-order valence-corrected chi connectivity index (χ3v) is 7.01. The zero-order chi connectivity index (χ0) is 14.0. The highest BCUT2D eigenvalue weighted by Crippen LogP contribution is 2.46. The Hall–Kier alpha value is 0.580. The zero-order valence-corrected chi connectivity index (χ0v) is 15.5. The van der Waals surface area contributed by atoms with Crippen LogP contribution in [0.5, 0.6) is 0 Å². The van der Waals surface area contributed by atoms with Gasteiger partial charge in [-0.25, -0.2) is 0 Å². The third-order valence-electron chi connectivity index (χ3n) is 4.36. The van der Waals surface area contributed by atoms with Crippen molar-refractivity contribution in [2.75, 3.05) is 13.2 Å². The lowest BCUT2D eigenvalue weighted by Gasteiger charge is -2.30. The van der Waals surface area contributed by atoms with Gasteiger partial charge in [0.05, 0.1) is 21.9 Å². The first-order valence-corrected chi connectivity index (χ1v) is 9.83. The van der Waals surface area contributed by atoms with Crippen LogP contribution in [-0.2, 0) is 15.3 Å². The molecule has 0 atom stereocenters. The molecule has 0 amide bonds. The minimum absolute atomic E-state index is 0.507. The lowest BCUT2D eigenvalue weighted by Crippen LogP contribution is -2.27. The molecule has 2 aliphatic rings. The fraction of sp³-hybridized carbons (Fsp3) is 0.733. The van der Waals surface area contributed by atoms with Gasteiger partial charge in [0.1, 0.15) is 0 Å². The molecule has 0 unspecified atom stereocenters. The van der Waals surface area contributed by atoms with Crippen LogP contribution in [0, 0.1) is 5.92 Å². The average molecular weight is 424 g/mol. The van der Waals surface area contributed by atoms with E-state index in [0.29, 0.717) is 13.2 Å². The van der Waals surface area contributed by atoms with E-state index in [-0.39, 0.29) is 0 Å². The Morgan fingerprint density at radius 3 is 2.45 bits per heavy atom. The first-order valence-electron chi connectivity index (χ1n) is 7.43. The van der Waals surface area contributed by atoms with Gasteiger partial charge in [0.2, 0.25) is 5.79 Å². The lowest BCUT2D eigenvalue weighted by molar-refractivity contribution is -0.171. The molecule has 20 heavy (non-hydrogen) atoms. The normalized spacial score (nSPS) is 23.3. The van der Waals surface area contributed by atoms with Gasteiger partial charge in [0.25, 0.3) is 0 Å². The van der Waals surface area contributed by atoms with E-state index in [1.807, 2.05) is 0 Å². The van der Waals surface area contributed by atoms with Crippen molar-refractivity contribution >= 4 is 43.2 Å². The average Bonchev–Trinajstić information content (AvgIpc) is 3.05. The fourth-order valence-electron chi connectivity index (χ4n) is 3.31. The van der Waals surface area contributed by atoms with Crippen LogP contribution in [0.4, 0.5) is 0 Å². The first-order chi connectivity index (χ1) is 9.70. The maximum absolute atomic E-state index is 6.05. The van der Waals surface area contributed by atoms with Crippen LogP contribution in [-0.4, -0.2) is 13.2 Å². The summed E-state index contributed by atoms with van der Waals surface area (Å²) >= 11 is 8.93. The Kier molecular flexibility index (Phi) is 5.24. The second-order valence-corrected chi connectivity index (χ2v) is 9.01. The Labute approximate surface area is 141 Å². The molecule has 0 bridgehead atoms. The number of thiophene rings is 1. The van der Waals surface area contributed by atoms with Gasteiger partial charge in [0, 0.05) is 10.9 Å². The number of hydrogen-bond acceptors (Lipinski definition) is 3. The van der Waals surface area contributed by atoms with Crippen LogP contribution < -0.4 is 0 Å². The molecule has 1 aromatic rings. The summed E-state index contributed by atoms with van der Waals surface area (Å²) in [5, 5.41) is 0. The van der Waals surface area contributed by atoms with E-state index in [0.717, 1.165) is 20.6 Å². The van der Waals surface area contributed by atoms with Crippen LogP contribution in [0.3, 0.4) is 0 Å². The summed E-state index contributed by atoms with van der Waals surface area (Å²) in [7, 11) is 0. The second-order valence-electron chi connectivity index (χ2n) is 5.72. The van der Waals surface area contributed by atoms with Gasteiger partial charge in [0.15, 0.2) is 0 Å². The molecule has 0 aromatic carbocycles. The monoisotopic (exact) mass is 422 g/mol. The third kappa shape index (κ3) is 3.32. The highest BCUT2D eigenvalue weighted by atomic mass is 79.9. The molecule has 0 N–H and O–H groups in total. The Morgan fingerprint density at radius 1 is 1.15 bits per heavy atom. The lowest BCUT2D eigenvalue weighted by atomic mass is 9.85. The largest absolute Gasteiger partial charge is 0.343 e. The molecular formula is C15H20Br2O2S. The first kappa shape index (κ1) is 15.5. The smallest absolute Gasteiger partial charge is 0.205 e. The van der Waals surface area contributed by atoms with Crippen molar-refractivity contribution in [3.8, 4) is 0 Å². The summed E-state index contributed by atoms with van der Waals surface area (Å²) in [6.07, 6.45) is 9.15. The molecule has 0 radical (unpaired) electrons. The van der Waals surface area contributed by atoms with Gasteiger partial charge < -0.3 is 9.47 Å². The van der Waals surface area contributed by atoms with Crippen molar-refractivity contribution in [2.45, 2.75) is 50.7 Å². The number of ether oxygens (including phenoxy) is 2. The molecule has 1 aromatic heterocycles. The Morgan fingerprint density at radius 2 is 1.85 bits per heavy atom. The van der Waals surface area contributed by atoms with E-state index in [1.54, 1.807) is 11.3 Å². The van der Waals surface area contributed by atoms with Crippen LogP contribution in [0.25, 0.3) is 0 Å². The van der Waals surface area contributed by atoms with Gasteiger partial charge in [-0.05, 0) is 50.3 Å². The molecule has 112 valence electrons. The molecule has 1 saturated carbocycles. The summed E-state index contributed by atoms with van der Waals surface area (Å²) in [5.74, 6) is 0.350. The summed E-state index contributed by atoms with van der Waals surface area (Å²) in [4.78, 5) is 1.18. The standard InChI is InChI=1S/C15H20Br2O2S/c16-12-10-13(17)20-14(12)15(18-8-9-19-15)7-6-11-4-2-1-3-5-11/h10-11H,1-9H2. The Balaban J connectivity index is 1.72. The molecule has 3 rings (SSSR count). The van der Waals surface area contributed by atoms with E-state index < -0.39 is 5.79 Å². The number of hydrogen-bond donors (Lipinski definition) is 0. The van der Waals surface area contributed by atoms with Crippen molar-refractivity contribution in [1.29, 1.82) is 0 Å². The van der Waals surface area contributed by atoms with Crippen LogP contribution in [0.2, 0.25) is 0 Å². The van der Waals surface area contributed by atoms with E-state index in [9.17, 15) is 0 Å². The molecule has 2 nitrogen and oxygen atoms in total. The molecule has 1 aliphatic carbocycles. The maximum Gasteiger partial charge on any atom is 0.205 e. The van der Waals surface area contributed by atoms with Crippen molar-refractivity contribution in [3.63, 3.8) is 0 Å². The predicted molar refractivity (Wildman–Crippen MR) is 89.1 cm³/mol. The van der Waals surface area contributed by atoms with Gasteiger partial charge in [-0.2, -0.15) is 0 Å². The summed E-state index contributed by atoms with van der Waals surface area (Å²) in [6.45, 7) is 1.40. The predicted octanol–water partition coefficient (Wildman–Crippen LogP) is 5.83. The molecular weight excluding hydrogens is 404 g/mol. The fourth-order valence-corrected chi connectivity index (χ4v) is 6.16. The van der Waals surface area contributed by atoms with Crippen molar-refractivity contribution in [3.05, 3.63) is 19.2 Å². The maximum atomic E-state index is 6.05. The van der Waals surface area contributed by atoms with Gasteiger partial charge >= 0.3 is 0 Å². The van der Waals surface area contributed by atoms with Crippen LogP contribution in [0.1, 0.15) is 49.8 Å². The van der Waals surface area contributed by atoms with E-state index in [2.05, 4.69) is 37.9 Å². The number of rotatable bonds is 4. The zero-order valence-electron chi connectivity index (χ0n) is 11.5. The quantitative estimate of drug-likeness (QED) is 0.606. The SMILES string of the molecule is Brc1cc(Br)c(C2(CCC3CCCCC3)OCCO2)s1. The number of halogens is 2. The van der Waals surface area contributed by atoms with E-state index >= 15 is 0 Å². The molecule has 1 saturated heterocycles. The summed E-state index contributed by atoms with van der Waals surface area (Å²) in [6, 6.07) is 2.09. The van der Waals surface area contributed by atoms with E-state index in [4.69, 9.17) is 9.47 Å². The highest BCUT2D eigenvalue weighted by molar-refractivity contribution is 9.11. The summed E-state index contributed by atoms with van der Waals surface area (Å²) < 4.78 is 14.3. The second kappa shape index (κ2) is 6.78. The van der Waals surface area contributed by atoms with Gasteiger partial charge in [-0.1, -0.05) is 32.1 Å². The molecule has 5 heteroatoms. The Bertz CT molecular complexity index is 449. The van der Waals surface area contributed by atoms with Crippen LogP contribution >= 0.6 is 43.2 Å². The minimum atomic E-state index is -0.507. The van der Waals surface area contributed by atoms with Crippen molar-refractivity contribution in [1.82, 2.24) is 0 Å². The highest BCUT2D eigenvalue weighted by Gasteiger charge is 2.41.